The molecule has 6 nitrogen and oxygen atoms in total. The first kappa shape index (κ1) is 19.9. The minimum Gasteiger partial charge on any atom is -0.497 e. The first-order valence-corrected chi connectivity index (χ1v) is 9.04. The van der Waals surface area contributed by atoms with Crippen molar-refractivity contribution in [3.63, 3.8) is 0 Å². The molecule has 0 aliphatic rings. The number of para-hydroxylation sites is 1. The van der Waals surface area contributed by atoms with Crippen LogP contribution in [0.4, 0.5) is 5.69 Å². The Morgan fingerprint density at radius 2 is 1.48 bits per heavy atom. The van der Waals surface area contributed by atoms with Crippen LogP contribution in [-0.2, 0) is 9.53 Å². The fourth-order valence-electron chi connectivity index (χ4n) is 2.51. The van der Waals surface area contributed by atoms with Gasteiger partial charge in [0.25, 0.3) is 5.91 Å². The van der Waals surface area contributed by atoms with Gasteiger partial charge in [0.15, 0.2) is 6.10 Å². The summed E-state index contributed by atoms with van der Waals surface area (Å²) in [6.45, 7) is 1.51. The zero-order chi connectivity index (χ0) is 20.6. The molecule has 0 spiro atoms. The molecule has 0 unspecified atom stereocenters. The van der Waals surface area contributed by atoms with Crippen LogP contribution >= 0.6 is 0 Å². The summed E-state index contributed by atoms with van der Waals surface area (Å²) >= 11 is 0. The predicted molar refractivity (Wildman–Crippen MR) is 109 cm³/mol. The van der Waals surface area contributed by atoms with E-state index in [0.29, 0.717) is 22.7 Å². The Labute approximate surface area is 169 Å². The molecule has 0 saturated heterocycles. The summed E-state index contributed by atoms with van der Waals surface area (Å²) in [5.74, 6) is 0.875. The number of anilines is 1. The lowest BCUT2D eigenvalue weighted by molar-refractivity contribution is -0.123. The number of ether oxygens (including phenoxy) is 3. The van der Waals surface area contributed by atoms with E-state index in [1.165, 1.54) is 14.0 Å². The number of hydrogen-bond donors (Lipinski definition) is 1. The van der Waals surface area contributed by atoms with Crippen molar-refractivity contribution in [1.82, 2.24) is 0 Å². The average molecular weight is 391 g/mol. The second kappa shape index (κ2) is 9.41. The summed E-state index contributed by atoms with van der Waals surface area (Å²) in [4.78, 5) is 24.6. The molecule has 1 N–H and O–H groups in total. The first-order valence-electron chi connectivity index (χ1n) is 9.04. The van der Waals surface area contributed by atoms with Crippen molar-refractivity contribution < 1.29 is 23.8 Å². The number of nitrogens with one attached hydrogen (secondary N) is 1. The van der Waals surface area contributed by atoms with Gasteiger partial charge in [-0.3, -0.25) is 4.79 Å². The molecule has 0 aromatic heterocycles. The SMILES string of the molecule is COc1cccc(C(=O)O[C@H](C)C(=O)Nc2ccc(Oc3ccccc3)cc2)c1. The van der Waals surface area contributed by atoms with Crippen LogP contribution in [0.3, 0.4) is 0 Å². The molecule has 3 aromatic rings. The highest BCUT2D eigenvalue weighted by Crippen LogP contribution is 2.23. The maximum absolute atomic E-state index is 12.3. The van der Waals surface area contributed by atoms with Crippen molar-refractivity contribution in [2.45, 2.75) is 13.0 Å². The summed E-state index contributed by atoms with van der Waals surface area (Å²) in [6.07, 6.45) is -0.964. The van der Waals surface area contributed by atoms with Gasteiger partial charge in [-0.1, -0.05) is 24.3 Å². The van der Waals surface area contributed by atoms with Gasteiger partial charge in [0.1, 0.15) is 17.2 Å². The van der Waals surface area contributed by atoms with Gasteiger partial charge in [-0.2, -0.15) is 0 Å². The molecule has 1 amide bonds. The minimum atomic E-state index is -0.964. The van der Waals surface area contributed by atoms with E-state index in [1.54, 1.807) is 48.5 Å². The van der Waals surface area contributed by atoms with Crippen LogP contribution in [0.5, 0.6) is 17.2 Å². The van der Waals surface area contributed by atoms with E-state index in [4.69, 9.17) is 14.2 Å². The van der Waals surface area contributed by atoms with E-state index >= 15 is 0 Å². The fraction of sp³-hybridized carbons (Fsp3) is 0.130. The number of hydrogen-bond acceptors (Lipinski definition) is 5. The Balaban J connectivity index is 1.55. The molecule has 6 heteroatoms. The maximum Gasteiger partial charge on any atom is 0.339 e. The van der Waals surface area contributed by atoms with Crippen molar-refractivity contribution in [2.24, 2.45) is 0 Å². The van der Waals surface area contributed by atoms with Crippen LogP contribution in [0.1, 0.15) is 17.3 Å². The number of esters is 1. The number of amides is 1. The van der Waals surface area contributed by atoms with Crippen molar-refractivity contribution >= 4 is 17.6 Å². The molecule has 0 fully saturated rings. The maximum atomic E-state index is 12.3. The predicted octanol–water partition coefficient (Wildman–Crippen LogP) is 4.67. The lowest BCUT2D eigenvalue weighted by Gasteiger charge is -2.14. The lowest BCUT2D eigenvalue weighted by Crippen LogP contribution is -2.30. The smallest absolute Gasteiger partial charge is 0.339 e. The molecule has 0 bridgehead atoms. The van der Waals surface area contributed by atoms with Crippen molar-refractivity contribution in [3.05, 3.63) is 84.4 Å². The van der Waals surface area contributed by atoms with Crippen molar-refractivity contribution in [2.75, 3.05) is 12.4 Å². The second-order valence-electron chi connectivity index (χ2n) is 6.21. The zero-order valence-corrected chi connectivity index (χ0v) is 16.1. The number of benzene rings is 3. The highest BCUT2D eigenvalue weighted by molar-refractivity contribution is 5.97. The summed E-state index contributed by atoms with van der Waals surface area (Å²) in [5, 5.41) is 2.72. The van der Waals surface area contributed by atoms with Gasteiger partial charge in [0.2, 0.25) is 0 Å². The van der Waals surface area contributed by atoms with Crippen molar-refractivity contribution in [1.29, 1.82) is 0 Å². The molecule has 0 radical (unpaired) electrons. The standard InChI is InChI=1S/C23H21NO5/c1-16(28-23(26)17-7-6-10-21(15-17)27-2)22(25)24-18-11-13-20(14-12-18)29-19-8-4-3-5-9-19/h3-16H,1-2H3,(H,24,25)/t16-/m1/s1. The van der Waals surface area contributed by atoms with E-state index < -0.39 is 18.0 Å². The fourth-order valence-corrected chi connectivity index (χ4v) is 2.51. The second-order valence-corrected chi connectivity index (χ2v) is 6.21. The largest absolute Gasteiger partial charge is 0.497 e. The van der Waals surface area contributed by atoms with Crippen LogP contribution in [0, 0.1) is 0 Å². The Kier molecular flexibility index (Phi) is 6.47. The lowest BCUT2D eigenvalue weighted by atomic mass is 10.2. The highest BCUT2D eigenvalue weighted by Gasteiger charge is 2.19. The van der Waals surface area contributed by atoms with Gasteiger partial charge in [0.05, 0.1) is 12.7 Å². The minimum absolute atomic E-state index is 0.311. The highest BCUT2D eigenvalue weighted by atomic mass is 16.5. The summed E-state index contributed by atoms with van der Waals surface area (Å²) in [7, 11) is 1.51. The first-order chi connectivity index (χ1) is 14.0. The van der Waals surface area contributed by atoms with Gasteiger partial charge < -0.3 is 19.5 Å². The topological polar surface area (TPSA) is 73.9 Å². The van der Waals surface area contributed by atoms with E-state index in [-0.39, 0.29) is 0 Å². The van der Waals surface area contributed by atoms with Crippen molar-refractivity contribution in [3.8, 4) is 17.2 Å². The normalized spacial score (nSPS) is 11.2. The van der Waals surface area contributed by atoms with Gasteiger partial charge in [-0.25, -0.2) is 4.79 Å². The van der Waals surface area contributed by atoms with Crippen LogP contribution in [0.25, 0.3) is 0 Å². The zero-order valence-electron chi connectivity index (χ0n) is 16.1. The van der Waals surface area contributed by atoms with Gasteiger partial charge >= 0.3 is 5.97 Å². The third-order valence-corrected chi connectivity index (χ3v) is 4.06. The molecular formula is C23H21NO5. The molecule has 1 atom stereocenters. The summed E-state index contributed by atoms with van der Waals surface area (Å²) in [5.41, 5.74) is 0.881. The van der Waals surface area contributed by atoms with E-state index in [0.717, 1.165) is 5.75 Å². The average Bonchev–Trinajstić information content (AvgIpc) is 2.75. The van der Waals surface area contributed by atoms with Crippen LogP contribution < -0.4 is 14.8 Å². The number of rotatable bonds is 7. The monoisotopic (exact) mass is 391 g/mol. The van der Waals surface area contributed by atoms with Gasteiger partial charge in [0, 0.05) is 5.69 Å². The van der Waals surface area contributed by atoms with Crippen LogP contribution in [0.2, 0.25) is 0 Å². The Hall–Kier alpha value is -3.80. The summed E-state index contributed by atoms with van der Waals surface area (Å²) < 4.78 is 16.0. The van der Waals surface area contributed by atoms with Gasteiger partial charge in [-0.05, 0) is 61.5 Å². The Morgan fingerprint density at radius 3 is 2.17 bits per heavy atom. The molecule has 3 rings (SSSR count). The molecular weight excluding hydrogens is 370 g/mol. The molecule has 148 valence electrons. The molecule has 0 aliphatic carbocycles. The van der Waals surface area contributed by atoms with E-state index in [2.05, 4.69) is 5.32 Å². The van der Waals surface area contributed by atoms with Gasteiger partial charge in [-0.15, -0.1) is 0 Å². The van der Waals surface area contributed by atoms with E-state index in [1.807, 2.05) is 30.3 Å². The molecule has 0 aliphatic heterocycles. The Bertz CT molecular complexity index is 970. The van der Waals surface area contributed by atoms with Crippen LogP contribution in [0.15, 0.2) is 78.9 Å². The Morgan fingerprint density at radius 1 is 0.828 bits per heavy atom. The third kappa shape index (κ3) is 5.59. The van der Waals surface area contributed by atoms with Crippen LogP contribution in [-0.4, -0.2) is 25.1 Å². The number of methoxy groups -OCH3 is 1. The summed E-state index contributed by atoms with van der Waals surface area (Å²) in [6, 6.07) is 22.9. The molecule has 29 heavy (non-hydrogen) atoms. The van der Waals surface area contributed by atoms with E-state index in [9.17, 15) is 9.59 Å². The number of carbonyl (C=O) groups is 2. The quantitative estimate of drug-likeness (QED) is 0.593. The molecule has 0 saturated carbocycles. The molecule has 0 heterocycles. The molecule has 3 aromatic carbocycles. The number of carbonyl (C=O) groups excluding carboxylic acids is 2. The third-order valence-electron chi connectivity index (χ3n) is 4.06.